The number of halogens is 1. The number of nitrogens with zero attached hydrogens (tertiary/aromatic N) is 2. The van der Waals surface area contributed by atoms with Crippen molar-refractivity contribution in [1.29, 1.82) is 0 Å². The van der Waals surface area contributed by atoms with Crippen molar-refractivity contribution in [2.45, 2.75) is 43.4 Å². The van der Waals surface area contributed by atoms with Gasteiger partial charge in [-0.05, 0) is 105 Å². The van der Waals surface area contributed by atoms with Crippen LogP contribution in [0.4, 0.5) is 0 Å². The molecule has 1 aliphatic heterocycles. The summed E-state index contributed by atoms with van der Waals surface area (Å²) >= 11 is 8.42. The maximum Gasteiger partial charge on any atom is 0.132 e. The van der Waals surface area contributed by atoms with Gasteiger partial charge in [0.25, 0.3) is 0 Å². The Labute approximate surface area is 224 Å². The summed E-state index contributed by atoms with van der Waals surface area (Å²) in [5.41, 5.74) is 2.07. The van der Waals surface area contributed by atoms with Crippen molar-refractivity contribution >= 4 is 34.3 Å². The van der Waals surface area contributed by atoms with Gasteiger partial charge in [-0.2, -0.15) is 0 Å². The first-order chi connectivity index (χ1) is 17.6. The number of aliphatic hydroxyl groups is 1. The molecule has 1 fully saturated rings. The first kappa shape index (κ1) is 27.1. The fourth-order valence-electron chi connectivity index (χ4n) is 5.17. The number of aromatic nitrogens is 1. The molecule has 4 rings (SSSR count). The van der Waals surface area contributed by atoms with Crippen molar-refractivity contribution in [2.75, 3.05) is 46.2 Å². The number of pyridine rings is 1. The Bertz CT molecular complexity index is 1130. The Hall–Kier alpha value is -1.99. The summed E-state index contributed by atoms with van der Waals surface area (Å²) in [7, 11) is 3.40. The standard InChI is InChI=1S/C29H37ClN2O3S/c1-34-22-10-11-26-24(19-22)23(25(30)20-31-26)7-5-12-29(21-33)13-16-32(17-14-29)15-6-18-36-28-9-4-3-8-27(28)35-2/h3-4,8-11,19-20,33H,5-7,12-18,21H2,1-2H3. The highest BCUT2D eigenvalue weighted by Crippen LogP contribution is 2.38. The van der Waals surface area contributed by atoms with Crippen LogP contribution in [-0.2, 0) is 6.42 Å². The van der Waals surface area contributed by atoms with E-state index in [2.05, 4.69) is 22.0 Å². The minimum Gasteiger partial charge on any atom is -0.497 e. The van der Waals surface area contributed by atoms with E-state index in [9.17, 15) is 5.11 Å². The predicted octanol–water partition coefficient (Wildman–Crippen LogP) is 6.49. The highest BCUT2D eigenvalue weighted by molar-refractivity contribution is 7.99. The molecule has 0 amide bonds. The molecule has 0 saturated carbocycles. The molecule has 2 aromatic carbocycles. The highest BCUT2D eigenvalue weighted by atomic mass is 35.5. The molecule has 5 nitrogen and oxygen atoms in total. The number of fused-ring (bicyclic) bond motifs is 1. The number of rotatable bonds is 12. The Morgan fingerprint density at radius 3 is 2.64 bits per heavy atom. The topological polar surface area (TPSA) is 54.8 Å². The molecule has 3 aromatic rings. The zero-order chi connectivity index (χ0) is 25.4. The normalized spacial score (nSPS) is 15.8. The van der Waals surface area contributed by atoms with Crippen LogP contribution in [0.1, 0.15) is 37.7 Å². The molecule has 1 aromatic heterocycles. The average molecular weight is 529 g/mol. The number of benzene rings is 2. The lowest BCUT2D eigenvalue weighted by molar-refractivity contribution is 0.0358. The summed E-state index contributed by atoms with van der Waals surface area (Å²) in [4.78, 5) is 8.23. The quantitative estimate of drug-likeness (QED) is 0.214. The van der Waals surface area contributed by atoms with Crippen LogP contribution in [0.2, 0.25) is 5.02 Å². The van der Waals surface area contributed by atoms with Crippen molar-refractivity contribution < 1.29 is 14.6 Å². The molecule has 1 saturated heterocycles. The van der Waals surface area contributed by atoms with Crippen LogP contribution >= 0.6 is 23.4 Å². The van der Waals surface area contributed by atoms with E-state index in [0.717, 1.165) is 91.9 Å². The Kier molecular flexibility index (Phi) is 9.77. The molecular formula is C29H37ClN2O3S. The second-order valence-corrected chi connectivity index (χ2v) is 11.2. The van der Waals surface area contributed by atoms with E-state index in [0.29, 0.717) is 5.02 Å². The first-order valence-electron chi connectivity index (χ1n) is 12.8. The fourth-order valence-corrected chi connectivity index (χ4v) is 6.38. The summed E-state index contributed by atoms with van der Waals surface area (Å²) in [5, 5.41) is 12.1. The van der Waals surface area contributed by atoms with Gasteiger partial charge in [-0.1, -0.05) is 23.7 Å². The van der Waals surface area contributed by atoms with Crippen molar-refractivity contribution in [1.82, 2.24) is 9.88 Å². The zero-order valence-corrected chi connectivity index (χ0v) is 22.9. The van der Waals surface area contributed by atoms with Gasteiger partial charge in [0, 0.05) is 23.1 Å². The summed E-state index contributed by atoms with van der Waals surface area (Å²) in [5.74, 6) is 2.84. The van der Waals surface area contributed by atoms with E-state index in [1.807, 2.05) is 42.1 Å². The number of methoxy groups -OCH3 is 2. The number of piperidine rings is 1. The molecule has 194 valence electrons. The van der Waals surface area contributed by atoms with Crippen LogP contribution in [0, 0.1) is 5.41 Å². The van der Waals surface area contributed by atoms with E-state index in [1.165, 1.54) is 4.90 Å². The van der Waals surface area contributed by atoms with Gasteiger partial charge in [0.2, 0.25) is 0 Å². The number of aliphatic hydroxyl groups excluding tert-OH is 1. The van der Waals surface area contributed by atoms with Crippen LogP contribution in [-0.4, -0.2) is 61.2 Å². The van der Waals surface area contributed by atoms with Gasteiger partial charge in [0.1, 0.15) is 11.5 Å². The summed E-state index contributed by atoms with van der Waals surface area (Å²) in [6.07, 6.45) is 7.85. The van der Waals surface area contributed by atoms with E-state index in [4.69, 9.17) is 21.1 Å². The number of ether oxygens (including phenoxy) is 2. The van der Waals surface area contributed by atoms with Gasteiger partial charge >= 0.3 is 0 Å². The molecule has 7 heteroatoms. The molecule has 1 N–H and O–H groups in total. The maximum atomic E-state index is 10.3. The van der Waals surface area contributed by atoms with Gasteiger partial charge in [0.15, 0.2) is 0 Å². The molecule has 0 bridgehead atoms. The number of aryl methyl sites for hydroxylation is 1. The van der Waals surface area contributed by atoms with Crippen molar-refractivity contribution in [3.8, 4) is 11.5 Å². The number of hydrogen-bond acceptors (Lipinski definition) is 6. The van der Waals surface area contributed by atoms with E-state index in [1.54, 1.807) is 20.4 Å². The lowest BCUT2D eigenvalue weighted by Crippen LogP contribution is -2.42. The molecule has 0 aliphatic carbocycles. The molecule has 0 radical (unpaired) electrons. The van der Waals surface area contributed by atoms with Gasteiger partial charge in [0.05, 0.1) is 24.8 Å². The van der Waals surface area contributed by atoms with Crippen molar-refractivity contribution in [2.24, 2.45) is 5.41 Å². The van der Waals surface area contributed by atoms with Gasteiger partial charge in [-0.25, -0.2) is 0 Å². The van der Waals surface area contributed by atoms with Gasteiger partial charge in [-0.3, -0.25) is 4.98 Å². The number of hydrogen-bond donors (Lipinski definition) is 1. The third-order valence-electron chi connectivity index (χ3n) is 7.47. The molecular weight excluding hydrogens is 492 g/mol. The Balaban J connectivity index is 1.25. The second kappa shape index (κ2) is 13.0. The van der Waals surface area contributed by atoms with Crippen LogP contribution in [0.5, 0.6) is 11.5 Å². The maximum absolute atomic E-state index is 10.3. The van der Waals surface area contributed by atoms with Crippen molar-refractivity contribution in [3.63, 3.8) is 0 Å². The van der Waals surface area contributed by atoms with Gasteiger partial charge < -0.3 is 19.5 Å². The molecule has 1 aliphatic rings. The minimum absolute atomic E-state index is 0.00958. The third kappa shape index (κ3) is 6.65. The zero-order valence-electron chi connectivity index (χ0n) is 21.3. The monoisotopic (exact) mass is 528 g/mol. The number of para-hydroxylation sites is 1. The summed E-state index contributed by atoms with van der Waals surface area (Å²) < 4.78 is 10.9. The van der Waals surface area contributed by atoms with Crippen LogP contribution in [0.25, 0.3) is 10.9 Å². The lowest BCUT2D eigenvalue weighted by atomic mass is 9.75. The SMILES string of the molecule is COc1ccc2ncc(Cl)c(CCCC3(CO)CCN(CCCSc4ccccc4OC)CC3)c2c1. The van der Waals surface area contributed by atoms with Crippen LogP contribution in [0.15, 0.2) is 53.6 Å². The largest absolute Gasteiger partial charge is 0.497 e. The van der Waals surface area contributed by atoms with E-state index in [-0.39, 0.29) is 12.0 Å². The highest BCUT2D eigenvalue weighted by Gasteiger charge is 2.33. The smallest absolute Gasteiger partial charge is 0.132 e. The third-order valence-corrected chi connectivity index (χ3v) is 8.93. The van der Waals surface area contributed by atoms with Crippen molar-refractivity contribution in [3.05, 3.63) is 59.2 Å². The van der Waals surface area contributed by atoms with E-state index >= 15 is 0 Å². The molecule has 36 heavy (non-hydrogen) atoms. The molecule has 0 atom stereocenters. The minimum atomic E-state index is 0.00958. The number of likely N-dealkylation sites (tertiary alicyclic amines) is 1. The van der Waals surface area contributed by atoms with Gasteiger partial charge in [-0.15, -0.1) is 11.8 Å². The predicted molar refractivity (Wildman–Crippen MR) is 150 cm³/mol. The lowest BCUT2D eigenvalue weighted by Gasteiger charge is -2.41. The molecule has 2 heterocycles. The number of thioether (sulfide) groups is 1. The van der Waals surface area contributed by atoms with Crippen LogP contribution in [0.3, 0.4) is 0 Å². The average Bonchev–Trinajstić information content (AvgIpc) is 2.93. The second-order valence-electron chi connectivity index (χ2n) is 9.67. The fraction of sp³-hybridized carbons (Fsp3) is 0.483. The molecule has 0 spiro atoms. The Morgan fingerprint density at radius 1 is 1.08 bits per heavy atom. The van der Waals surface area contributed by atoms with E-state index < -0.39 is 0 Å². The summed E-state index contributed by atoms with van der Waals surface area (Å²) in [6.45, 7) is 3.46. The summed E-state index contributed by atoms with van der Waals surface area (Å²) in [6, 6.07) is 14.1. The van der Waals surface area contributed by atoms with Crippen LogP contribution < -0.4 is 9.47 Å². The first-order valence-corrected chi connectivity index (χ1v) is 14.1. The molecule has 0 unspecified atom stereocenters. The Morgan fingerprint density at radius 2 is 1.89 bits per heavy atom.